The molecule has 3 aromatic carbocycles. The van der Waals surface area contributed by atoms with E-state index in [0.29, 0.717) is 12.2 Å². The Kier molecular flexibility index (Phi) is 4.93. The second kappa shape index (κ2) is 8.04. The quantitative estimate of drug-likeness (QED) is 0.310. The van der Waals surface area contributed by atoms with Crippen molar-refractivity contribution in [2.24, 2.45) is 0 Å². The molecule has 5 rings (SSSR count). The summed E-state index contributed by atoms with van der Waals surface area (Å²) in [4.78, 5) is 17.6. The van der Waals surface area contributed by atoms with Gasteiger partial charge in [-0.25, -0.2) is 4.98 Å². The van der Waals surface area contributed by atoms with Crippen molar-refractivity contribution in [3.8, 4) is 22.4 Å². The van der Waals surface area contributed by atoms with Crippen molar-refractivity contribution in [1.82, 2.24) is 9.55 Å². The molecule has 0 aliphatic rings. The number of aromatic nitrogens is 2. The highest BCUT2D eigenvalue weighted by molar-refractivity contribution is 6.03. The van der Waals surface area contributed by atoms with Crippen LogP contribution in [0.1, 0.15) is 23.0 Å². The van der Waals surface area contributed by atoms with E-state index in [2.05, 4.69) is 42.5 Å². The van der Waals surface area contributed by atoms with Gasteiger partial charge in [-0.1, -0.05) is 91.0 Å². The molecular weight excluding hydrogens is 380 g/mol. The summed E-state index contributed by atoms with van der Waals surface area (Å²) < 4.78 is 2.05. The van der Waals surface area contributed by atoms with Gasteiger partial charge in [0.05, 0.1) is 11.4 Å². The van der Waals surface area contributed by atoms with Gasteiger partial charge >= 0.3 is 0 Å². The summed E-state index contributed by atoms with van der Waals surface area (Å²) in [6.07, 6.45) is 0. The lowest BCUT2D eigenvalue weighted by Gasteiger charge is -2.12. The van der Waals surface area contributed by atoms with Crippen molar-refractivity contribution in [2.45, 2.75) is 13.5 Å². The largest absolute Gasteiger partial charge is 0.318 e. The number of nitrogens with zero attached hydrogens (tertiary/aromatic N) is 2. The average Bonchev–Trinajstić information content (AvgIpc) is 3.19. The maximum absolute atomic E-state index is 12.6. The molecular formula is C28H22N2O. The van der Waals surface area contributed by atoms with Crippen LogP contribution in [0.3, 0.4) is 0 Å². The predicted molar refractivity (Wildman–Crippen MR) is 126 cm³/mol. The van der Waals surface area contributed by atoms with Crippen LogP contribution >= 0.6 is 0 Å². The zero-order valence-electron chi connectivity index (χ0n) is 17.3. The van der Waals surface area contributed by atoms with Crippen molar-refractivity contribution in [2.75, 3.05) is 0 Å². The standard InChI is InChI=1S/C28H22N2O/c1-20(31)27-18-25-24(22-13-7-3-8-14-22)17-26(23-15-9-4-10-16-23)29-28(25)30(27)19-21-11-5-2-6-12-21/h2-18H,19H2,1H3. The van der Waals surface area contributed by atoms with Gasteiger partial charge in [-0.05, 0) is 28.8 Å². The number of ketones is 1. The highest BCUT2D eigenvalue weighted by Gasteiger charge is 2.19. The molecule has 0 fully saturated rings. The molecule has 3 heteroatoms. The number of benzene rings is 3. The van der Waals surface area contributed by atoms with Crippen LogP contribution in [0.25, 0.3) is 33.4 Å². The van der Waals surface area contributed by atoms with Gasteiger partial charge in [0, 0.05) is 24.4 Å². The third-order valence-electron chi connectivity index (χ3n) is 5.56. The average molecular weight is 402 g/mol. The van der Waals surface area contributed by atoms with Crippen LogP contribution in [-0.2, 0) is 6.54 Å². The second-order valence-corrected chi connectivity index (χ2v) is 7.68. The summed E-state index contributed by atoms with van der Waals surface area (Å²) in [6, 6.07) is 34.8. The zero-order chi connectivity index (χ0) is 21.2. The van der Waals surface area contributed by atoms with E-state index in [1.807, 2.05) is 65.2 Å². The van der Waals surface area contributed by atoms with Crippen LogP contribution in [0.4, 0.5) is 0 Å². The Morgan fingerprint density at radius 2 is 1.35 bits per heavy atom. The topological polar surface area (TPSA) is 34.9 Å². The van der Waals surface area contributed by atoms with E-state index in [-0.39, 0.29) is 5.78 Å². The van der Waals surface area contributed by atoms with E-state index in [4.69, 9.17) is 4.98 Å². The minimum absolute atomic E-state index is 0.0363. The minimum Gasteiger partial charge on any atom is -0.318 e. The first kappa shape index (κ1) is 19.0. The van der Waals surface area contributed by atoms with E-state index in [1.165, 1.54) is 0 Å². The maximum Gasteiger partial charge on any atom is 0.176 e. The van der Waals surface area contributed by atoms with Gasteiger partial charge in [0.25, 0.3) is 0 Å². The van der Waals surface area contributed by atoms with E-state index in [9.17, 15) is 4.79 Å². The first-order valence-corrected chi connectivity index (χ1v) is 10.4. The van der Waals surface area contributed by atoms with Gasteiger partial charge < -0.3 is 4.57 Å². The molecule has 0 aliphatic heterocycles. The second-order valence-electron chi connectivity index (χ2n) is 7.68. The zero-order valence-corrected chi connectivity index (χ0v) is 17.3. The number of pyridine rings is 1. The van der Waals surface area contributed by atoms with Gasteiger partial charge in [0.2, 0.25) is 0 Å². The van der Waals surface area contributed by atoms with Gasteiger partial charge in [-0.15, -0.1) is 0 Å². The summed E-state index contributed by atoms with van der Waals surface area (Å²) >= 11 is 0. The number of rotatable bonds is 5. The Morgan fingerprint density at radius 1 is 0.774 bits per heavy atom. The highest BCUT2D eigenvalue weighted by Crippen LogP contribution is 2.34. The molecule has 0 saturated heterocycles. The summed E-state index contributed by atoms with van der Waals surface area (Å²) in [7, 11) is 0. The fraction of sp³-hybridized carbons (Fsp3) is 0.0714. The van der Waals surface area contributed by atoms with Gasteiger partial charge in [0.15, 0.2) is 5.78 Å². The fourth-order valence-electron chi connectivity index (χ4n) is 4.05. The van der Waals surface area contributed by atoms with E-state index in [0.717, 1.165) is 39.0 Å². The summed E-state index contributed by atoms with van der Waals surface area (Å²) in [5.41, 5.74) is 6.78. The van der Waals surface area contributed by atoms with Crippen LogP contribution in [-0.4, -0.2) is 15.3 Å². The Morgan fingerprint density at radius 3 is 1.97 bits per heavy atom. The van der Waals surface area contributed by atoms with E-state index < -0.39 is 0 Å². The van der Waals surface area contributed by atoms with Crippen LogP contribution in [0, 0.1) is 0 Å². The third-order valence-corrected chi connectivity index (χ3v) is 5.56. The minimum atomic E-state index is 0.0363. The lowest BCUT2D eigenvalue weighted by atomic mass is 10.0. The summed E-state index contributed by atoms with van der Waals surface area (Å²) in [6.45, 7) is 2.22. The molecule has 0 spiro atoms. The number of carbonyl (C=O) groups excluding carboxylic acids is 1. The molecule has 0 amide bonds. The first-order chi connectivity index (χ1) is 15.2. The molecule has 0 unspecified atom stereocenters. The number of carbonyl (C=O) groups is 1. The molecule has 0 N–H and O–H groups in total. The molecule has 2 heterocycles. The molecule has 0 saturated carbocycles. The number of Topliss-reactive ketones (excluding diaryl/α,β-unsaturated/α-hetero) is 1. The SMILES string of the molecule is CC(=O)c1cc2c(-c3ccccc3)cc(-c3ccccc3)nc2n1Cc1ccccc1. The molecule has 150 valence electrons. The number of hydrogen-bond acceptors (Lipinski definition) is 2. The van der Waals surface area contributed by atoms with Crippen LogP contribution in [0.5, 0.6) is 0 Å². The van der Waals surface area contributed by atoms with Crippen LogP contribution in [0.15, 0.2) is 103 Å². The van der Waals surface area contributed by atoms with Crippen molar-refractivity contribution in [3.05, 3.63) is 114 Å². The van der Waals surface area contributed by atoms with Crippen molar-refractivity contribution >= 4 is 16.8 Å². The van der Waals surface area contributed by atoms with Crippen molar-refractivity contribution in [1.29, 1.82) is 0 Å². The number of hydrogen-bond donors (Lipinski definition) is 0. The normalized spacial score (nSPS) is 11.0. The van der Waals surface area contributed by atoms with Gasteiger partial charge in [0.1, 0.15) is 5.65 Å². The third kappa shape index (κ3) is 3.66. The monoisotopic (exact) mass is 402 g/mol. The smallest absolute Gasteiger partial charge is 0.176 e. The van der Waals surface area contributed by atoms with Crippen LogP contribution in [0.2, 0.25) is 0 Å². The van der Waals surface area contributed by atoms with E-state index >= 15 is 0 Å². The van der Waals surface area contributed by atoms with Crippen molar-refractivity contribution in [3.63, 3.8) is 0 Å². The highest BCUT2D eigenvalue weighted by atomic mass is 16.1. The molecule has 31 heavy (non-hydrogen) atoms. The maximum atomic E-state index is 12.6. The molecule has 0 atom stereocenters. The number of fused-ring (bicyclic) bond motifs is 1. The molecule has 3 nitrogen and oxygen atoms in total. The summed E-state index contributed by atoms with van der Waals surface area (Å²) in [5, 5.41) is 0.993. The van der Waals surface area contributed by atoms with Crippen LogP contribution < -0.4 is 0 Å². The predicted octanol–water partition coefficient (Wildman–Crippen LogP) is 6.62. The molecule has 0 aliphatic carbocycles. The molecule has 0 bridgehead atoms. The fourth-order valence-corrected chi connectivity index (χ4v) is 4.05. The Labute approximate surface area is 181 Å². The Bertz CT molecular complexity index is 1350. The van der Waals surface area contributed by atoms with Crippen molar-refractivity contribution < 1.29 is 4.79 Å². The van der Waals surface area contributed by atoms with E-state index in [1.54, 1.807) is 6.92 Å². The lowest BCUT2D eigenvalue weighted by Crippen LogP contribution is -2.08. The van der Waals surface area contributed by atoms with Gasteiger partial charge in [-0.3, -0.25) is 4.79 Å². The Balaban J connectivity index is 1.81. The Hall–Kier alpha value is -3.98. The molecule has 0 radical (unpaired) electrons. The lowest BCUT2D eigenvalue weighted by molar-refractivity contribution is 0.101. The first-order valence-electron chi connectivity index (χ1n) is 10.4. The summed E-state index contributed by atoms with van der Waals surface area (Å²) in [5.74, 6) is 0.0363. The molecule has 5 aromatic rings. The molecule has 2 aromatic heterocycles. The van der Waals surface area contributed by atoms with Gasteiger partial charge in [-0.2, -0.15) is 0 Å².